The second-order valence-electron chi connectivity index (χ2n) is 14.4. The van der Waals surface area contributed by atoms with Gasteiger partial charge in [-0.2, -0.15) is 0 Å². The third-order valence-corrected chi connectivity index (χ3v) is 9.86. The van der Waals surface area contributed by atoms with E-state index in [9.17, 15) is 14.7 Å². The van der Waals surface area contributed by atoms with Crippen LogP contribution in [-0.2, 0) is 27.4 Å². The van der Waals surface area contributed by atoms with Gasteiger partial charge >= 0.3 is 6.03 Å². The molecule has 0 aromatic heterocycles. The van der Waals surface area contributed by atoms with Crippen LogP contribution in [0.3, 0.4) is 0 Å². The number of hydrogen-bond donors (Lipinski definition) is 4. The van der Waals surface area contributed by atoms with Crippen LogP contribution in [0.4, 0.5) is 4.79 Å². The Morgan fingerprint density at radius 3 is 2.24 bits per heavy atom. The van der Waals surface area contributed by atoms with Crippen molar-refractivity contribution in [2.45, 2.75) is 122 Å². The molecule has 0 bridgehead atoms. The predicted molar refractivity (Wildman–Crippen MR) is 179 cm³/mol. The lowest BCUT2D eigenvalue weighted by Gasteiger charge is -2.51. The van der Waals surface area contributed by atoms with Crippen LogP contribution in [0.2, 0.25) is 0 Å². The number of carbonyl (C=O) groups excluding carboxylic acids is 2. The fraction of sp³-hybridized carbons (Fsp3) is 0.622. The summed E-state index contributed by atoms with van der Waals surface area (Å²) >= 11 is 0. The predicted octanol–water partition coefficient (Wildman–Crippen LogP) is 5.73. The van der Waals surface area contributed by atoms with Gasteiger partial charge in [0.05, 0.1) is 24.9 Å². The van der Waals surface area contributed by atoms with Gasteiger partial charge in [-0.1, -0.05) is 68.3 Å². The van der Waals surface area contributed by atoms with E-state index in [1.807, 2.05) is 76.2 Å². The van der Waals surface area contributed by atoms with Crippen molar-refractivity contribution in [3.05, 3.63) is 70.8 Å². The molecule has 3 fully saturated rings. The molecule has 5 rings (SSSR count). The highest BCUT2D eigenvalue weighted by Crippen LogP contribution is 2.44. The number of hydrogen-bond acceptors (Lipinski definition) is 6. The Morgan fingerprint density at radius 1 is 0.891 bits per heavy atom. The molecule has 4 N–H and O–H groups in total. The van der Waals surface area contributed by atoms with Gasteiger partial charge in [-0.05, 0) is 76.0 Å². The maximum atomic E-state index is 13.7. The van der Waals surface area contributed by atoms with Crippen LogP contribution in [0.5, 0.6) is 0 Å². The van der Waals surface area contributed by atoms with Crippen molar-refractivity contribution in [1.29, 1.82) is 0 Å². The summed E-state index contributed by atoms with van der Waals surface area (Å²) in [7, 11) is 0. The van der Waals surface area contributed by atoms with Crippen LogP contribution in [-0.4, -0.2) is 58.8 Å². The highest BCUT2D eigenvalue weighted by atomic mass is 16.7. The van der Waals surface area contributed by atoms with Gasteiger partial charge in [-0.15, -0.1) is 0 Å². The molecule has 7 atom stereocenters. The number of benzene rings is 2. The Kier molecular flexibility index (Phi) is 11.4. The molecule has 252 valence electrons. The standard InChI is InChI=1S/C37H54N4O5/c1-6-38-36(44)39-21-25-11-17-29(18-12-25)35-45-32(24(2)33(46-35)28-15-13-26(23-42)14-16-28)22-41-30-10-8-7-9-27(30)19-20-31(41)34(43)40-37(3,4)5/h11-18,24,27,30-33,35,42H,6-10,19-23H2,1-5H3,(H,40,43)(H2,38,39,44)/t24-,27+,30+,31+,32+,33+,35+/m0/s1. The lowest BCUT2D eigenvalue weighted by molar-refractivity contribution is -0.278. The number of carbonyl (C=O) groups is 2. The van der Waals surface area contributed by atoms with E-state index in [-0.39, 0.29) is 48.3 Å². The zero-order chi connectivity index (χ0) is 32.8. The average Bonchev–Trinajstić information content (AvgIpc) is 3.04. The average molecular weight is 635 g/mol. The van der Waals surface area contributed by atoms with Crippen molar-refractivity contribution in [2.75, 3.05) is 13.1 Å². The van der Waals surface area contributed by atoms with Crippen LogP contribution < -0.4 is 16.0 Å². The number of nitrogens with one attached hydrogen (secondary N) is 3. The third-order valence-electron chi connectivity index (χ3n) is 9.86. The van der Waals surface area contributed by atoms with Crippen LogP contribution in [0.15, 0.2) is 48.5 Å². The van der Waals surface area contributed by atoms with Crippen molar-refractivity contribution in [3.63, 3.8) is 0 Å². The Labute approximate surface area is 274 Å². The zero-order valence-corrected chi connectivity index (χ0v) is 28.3. The molecular formula is C37H54N4O5. The largest absolute Gasteiger partial charge is 0.392 e. The molecule has 0 spiro atoms. The van der Waals surface area contributed by atoms with Gasteiger partial charge in [-0.3, -0.25) is 9.69 Å². The van der Waals surface area contributed by atoms with E-state index >= 15 is 0 Å². The molecule has 2 aliphatic heterocycles. The highest BCUT2D eigenvalue weighted by Gasteiger charge is 2.46. The third kappa shape index (κ3) is 8.48. The van der Waals surface area contributed by atoms with Gasteiger partial charge in [0.2, 0.25) is 5.91 Å². The molecule has 0 radical (unpaired) electrons. The number of likely N-dealkylation sites (tertiary alicyclic amines) is 1. The number of ether oxygens (including phenoxy) is 2. The van der Waals surface area contributed by atoms with E-state index in [2.05, 4.69) is 27.8 Å². The first kappa shape index (κ1) is 34.4. The van der Waals surface area contributed by atoms with Gasteiger partial charge in [0.15, 0.2) is 6.29 Å². The molecule has 1 aliphatic carbocycles. The summed E-state index contributed by atoms with van der Waals surface area (Å²) in [5, 5.41) is 18.5. The SMILES string of the molecule is CCNC(=O)NCc1ccc([C@@H]2O[C@H](CN3[C@@H](C(=O)NC(C)(C)C)CC[C@H]4CCCC[C@H]43)[C@H](C)[C@H](c3ccc(CO)cc3)O2)cc1. The van der Waals surface area contributed by atoms with Crippen molar-refractivity contribution in [2.24, 2.45) is 11.8 Å². The van der Waals surface area contributed by atoms with Gasteiger partial charge in [0, 0.05) is 42.7 Å². The van der Waals surface area contributed by atoms with Gasteiger partial charge in [0.1, 0.15) is 0 Å². The molecule has 3 amide bonds. The molecule has 2 heterocycles. The van der Waals surface area contributed by atoms with Crippen molar-refractivity contribution < 1.29 is 24.2 Å². The first-order chi connectivity index (χ1) is 22.1. The maximum Gasteiger partial charge on any atom is 0.315 e. The number of aliphatic hydroxyl groups excluding tert-OH is 1. The molecule has 0 unspecified atom stereocenters. The number of aliphatic hydroxyl groups is 1. The molecule has 46 heavy (non-hydrogen) atoms. The summed E-state index contributed by atoms with van der Waals surface area (Å²) in [6.45, 7) is 11.9. The Hall–Kier alpha value is -2.98. The number of urea groups is 1. The summed E-state index contributed by atoms with van der Waals surface area (Å²) in [6, 6.07) is 16.0. The second kappa shape index (κ2) is 15.3. The van der Waals surface area contributed by atoms with Gasteiger partial charge in [-0.25, -0.2) is 4.79 Å². The smallest absolute Gasteiger partial charge is 0.315 e. The first-order valence-electron chi connectivity index (χ1n) is 17.2. The van der Waals surface area contributed by atoms with Gasteiger partial charge in [0.25, 0.3) is 0 Å². The van der Waals surface area contributed by atoms with E-state index in [4.69, 9.17) is 9.47 Å². The van der Waals surface area contributed by atoms with E-state index in [1.165, 1.54) is 19.3 Å². The lowest BCUT2D eigenvalue weighted by atomic mass is 9.75. The Bertz CT molecular complexity index is 1290. The molecule has 2 aromatic carbocycles. The van der Waals surface area contributed by atoms with Crippen LogP contribution in [0.25, 0.3) is 0 Å². The summed E-state index contributed by atoms with van der Waals surface area (Å²) in [5.41, 5.74) is 3.50. The topological polar surface area (TPSA) is 112 Å². The summed E-state index contributed by atoms with van der Waals surface area (Å²) < 4.78 is 13.6. The number of rotatable bonds is 9. The van der Waals surface area contributed by atoms with Crippen molar-refractivity contribution in [3.8, 4) is 0 Å². The fourth-order valence-corrected chi connectivity index (χ4v) is 7.46. The summed E-state index contributed by atoms with van der Waals surface area (Å²) in [4.78, 5) is 28.1. The van der Waals surface area contributed by atoms with Crippen LogP contribution in [0, 0.1) is 11.8 Å². The van der Waals surface area contributed by atoms with Crippen LogP contribution >= 0.6 is 0 Å². The van der Waals surface area contributed by atoms with Gasteiger partial charge < -0.3 is 30.5 Å². The van der Waals surface area contributed by atoms with E-state index in [0.717, 1.165) is 41.5 Å². The number of amides is 3. The summed E-state index contributed by atoms with van der Waals surface area (Å²) in [6.07, 6.45) is 5.75. The Balaban J connectivity index is 1.41. The van der Waals surface area contributed by atoms with Crippen molar-refractivity contribution in [1.82, 2.24) is 20.9 Å². The lowest BCUT2D eigenvalue weighted by Crippen LogP contribution is -2.61. The number of nitrogens with zero attached hydrogens (tertiary/aromatic N) is 1. The zero-order valence-electron chi connectivity index (χ0n) is 28.3. The molecule has 1 saturated carbocycles. The minimum absolute atomic E-state index is 0.00738. The minimum atomic E-state index is -0.595. The fourth-order valence-electron chi connectivity index (χ4n) is 7.46. The molecular weight excluding hydrogens is 580 g/mol. The van der Waals surface area contributed by atoms with Crippen molar-refractivity contribution >= 4 is 11.9 Å². The molecule has 9 heteroatoms. The van der Waals surface area contributed by atoms with Crippen LogP contribution in [0.1, 0.15) is 108 Å². The quantitative estimate of drug-likeness (QED) is 0.281. The first-order valence-corrected chi connectivity index (χ1v) is 17.2. The number of piperidine rings is 1. The minimum Gasteiger partial charge on any atom is -0.392 e. The molecule has 2 aromatic rings. The van der Waals surface area contributed by atoms with E-state index in [1.54, 1.807) is 0 Å². The maximum absolute atomic E-state index is 13.7. The molecule has 3 aliphatic rings. The number of fused-ring (bicyclic) bond motifs is 1. The van der Waals surface area contributed by atoms with E-state index in [0.29, 0.717) is 31.6 Å². The molecule has 9 nitrogen and oxygen atoms in total. The highest BCUT2D eigenvalue weighted by molar-refractivity contribution is 5.82. The van der Waals surface area contributed by atoms with E-state index < -0.39 is 6.29 Å². The Morgan fingerprint density at radius 2 is 1.57 bits per heavy atom. The normalized spacial score (nSPS) is 28.6. The second-order valence-corrected chi connectivity index (χ2v) is 14.4. The summed E-state index contributed by atoms with van der Waals surface area (Å²) in [5.74, 6) is 0.744. The molecule has 2 saturated heterocycles. The monoisotopic (exact) mass is 634 g/mol.